The summed E-state index contributed by atoms with van der Waals surface area (Å²) in [6.45, 7) is 1.78. The maximum absolute atomic E-state index is 6.03. The van der Waals surface area contributed by atoms with E-state index < -0.39 is 0 Å². The second kappa shape index (κ2) is 5.70. The van der Waals surface area contributed by atoms with E-state index in [-0.39, 0.29) is 0 Å². The fourth-order valence-corrected chi connectivity index (χ4v) is 3.60. The molecule has 4 aromatic rings. The minimum absolute atomic E-state index is 0.309. The molecule has 25 heavy (non-hydrogen) atoms. The molecule has 0 radical (unpaired) electrons. The third-order valence-electron chi connectivity index (χ3n) is 4.74. The van der Waals surface area contributed by atoms with Crippen LogP contribution in [0.25, 0.3) is 22.1 Å². The standard InChI is InChI=1S/C17H15ClN6O/c18-11-1-2-14-13(7-11)22-17(25-14)10-3-5-24(6-4-10)16-12-8-21-23-15(12)19-9-20-16/h1-2,7-10H,3-6H2,(H,19,20,21,23). The van der Waals surface area contributed by atoms with Gasteiger partial charge in [-0.1, -0.05) is 11.6 Å². The van der Waals surface area contributed by atoms with Crippen molar-refractivity contribution in [3.8, 4) is 0 Å². The number of rotatable bonds is 2. The number of aromatic amines is 1. The molecule has 0 atom stereocenters. The zero-order valence-corrected chi connectivity index (χ0v) is 14.1. The van der Waals surface area contributed by atoms with Gasteiger partial charge in [-0.05, 0) is 31.0 Å². The molecule has 0 amide bonds. The van der Waals surface area contributed by atoms with Crippen molar-refractivity contribution in [1.82, 2.24) is 25.1 Å². The molecular weight excluding hydrogens is 340 g/mol. The topological polar surface area (TPSA) is 83.7 Å². The minimum atomic E-state index is 0.309. The number of piperidine rings is 1. The fraction of sp³-hybridized carbons (Fsp3) is 0.294. The van der Waals surface area contributed by atoms with E-state index in [1.807, 2.05) is 18.2 Å². The molecule has 5 rings (SSSR count). The van der Waals surface area contributed by atoms with Crippen molar-refractivity contribution in [2.45, 2.75) is 18.8 Å². The van der Waals surface area contributed by atoms with Crippen LogP contribution < -0.4 is 4.90 Å². The predicted octanol–water partition coefficient (Wildman–Crippen LogP) is 3.53. The molecule has 0 unspecified atom stereocenters. The monoisotopic (exact) mass is 354 g/mol. The first kappa shape index (κ1) is 14.7. The summed E-state index contributed by atoms with van der Waals surface area (Å²) in [5.74, 6) is 2.04. The largest absolute Gasteiger partial charge is 0.440 e. The second-order valence-electron chi connectivity index (χ2n) is 6.26. The lowest BCUT2D eigenvalue weighted by atomic mass is 9.96. The van der Waals surface area contributed by atoms with Gasteiger partial charge in [0.15, 0.2) is 17.1 Å². The van der Waals surface area contributed by atoms with Crippen LogP contribution in [0.3, 0.4) is 0 Å². The fourth-order valence-electron chi connectivity index (χ4n) is 3.44. The SMILES string of the molecule is Clc1ccc2oc(C3CCN(c4ncnc5[nH]ncc45)CC3)nc2c1. The Morgan fingerprint density at radius 1 is 1.20 bits per heavy atom. The zero-order valence-electron chi connectivity index (χ0n) is 13.3. The van der Waals surface area contributed by atoms with Crippen LogP contribution in [0.2, 0.25) is 5.02 Å². The van der Waals surface area contributed by atoms with E-state index in [0.29, 0.717) is 10.9 Å². The van der Waals surface area contributed by atoms with Crippen molar-refractivity contribution in [3.63, 3.8) is 0 Å². The van der Waals surface area contributed by atoms with Crippen LogP contribution in [0.4, 0.5) is 5.82 Å². The Morgan fingerprint density at radius 3 is 2.96 bits per heavy atom. The van der Waals surface area contributed by atoms with E-state index in [9.17, 15) is 0 Å². The summed E-state index contributed by atoms with van der Waals surface area (Å²) in [5, 5.41) is 8.58. The van der Waals surface area contributed by atoms with Gasteiger partial charge in [0.25, 0.3) is 0 Å². The average Bonchev–Trinajstić information content (AvgIpc) is 3.27. The number of benzene rings is 1. The number of H-pyrrole nitrogens is 1. The first-order chi connectivity index (χ1) is 12.3. The Labute approximate surface area is 148 Å². The highest BCUT2D eigenvalue weighted by Gasteiger charge is 2.26. The Kier molecular flexibility index (Phi) is 3.34. The van der Waals surface area contributed by atoms with Crippen molar-refractivity contribution < 1.29 is 4.42 Å². The molecule has 1 N–H and O–H groups in total. The van der Waals surface area contributed by atoms with Crippen LogP contribution in [0.1, 0.15) is 24.7 Å². The molecule has 0 saturated carbocycles. The summed E-state index contributed by atoms with van der Waals surface area (Å²) in [6.07, 6.45) is 5.28. The van der Waals surface area contributed by atoms with Crippen LogP contribution in [0.5, 0.6) is 0 Å². The molecule has 1 saturated heterocycles. The highest BCUT2D eigenvalue weighted by atomic mass is 35.5. The first-order valence-electron chi connectivity index (χ1n) is 8.23. The van der Waals surface area contributed by atoms with E-state index >= 15 is 0 Å². The zero-order chi connectivity index (χ0) is 16.8. The maximum Gasteiger partial charge on any atom is 0.198 e. The van der Waals surface area contributed by atoms with Crippen LogP contribution >= 0.6 is 11.6 Å². The van der Waals surface area contributed by atoms with E-state index in [1.165, 1.54) is 0 Å². The number of nitrogens with zero attached hydrogens (tertiary/aromatic N) is 5. The molecule has 8 heteroatoms. The molecule has 0 spiro atoms. The number of fused-ring (bicyclic) bond motifs is 2. The average molecular weight is 355 g/mol. The van der Waals surface area contributed by atoms with Crippen molar-refractivity contribution in [1.29, 1.82) is 0 Å². The third kappa shape index (κ3) is 2.51. The number of oxazole rings is 1. The summed E-state index contributed by atoms with van der Waals surface area (Å²) in [6, 6.07) is 5.54. The summed E-state index contributed by atoms with van der Waals surface area (Å²) in [7, 11) is 0. The summed E-state index contributed by atoms with van der Waals surface area (Å²) >= 11 is 6.03. The molecular formula is C17H15ClN6O. The Hall–Kier alpha value is -2.67. The van der Waals surface area contributed by atoms with E-state index in [0.717, 1.165) is 59.8 Å². The van der Waals surface area contributed by atoms with Gasteiger partial charge in [-0.2, -0.15) is 5.10 Å². The maximum atomic E-state index is 6.03. The van der Waals surface area contributed by atoms with Gasteiger partial charge in [0.2, 0.25) is 0 Å². The molecule has 0 bridgehead atoms. The number of hydrogen-bond acceptors (Lipinski definition) is 6. The molecule has 1 aliphatic heterocycles. The van der Waals surface area contributed by atoms with Crippen LogP contribution in [-0.4, -0.2) is 38.2 Å². The van der Waals surface area contributed by atoms with Crippen LogP contribution in [0.15, 0.2) is 35.1 Å². The normalized spacial score (nSPS) is 16.1. The van der Waals surface area contributed by atoms with Gasteiger partial charge in [-0.3, -0.25) is 5.10 Å². The Morgan fingerprint density at radius 2 is 2.08 bits per heavy atom. The number of aromatic nitrogens is 5. The lowest BCUT2D eigenvalue weighted by Gasteiger charge is -2.31. The van der Waals surface area contributed by atoms with Crippen molar-refractivity contribution in [3.05, 3.63) is 41.6 Å². The van der Waals surface area contributed by atoms with Crippen molar-refractivity contribution in [2.75, 3.05) is 18.0 Å². The van der Waals surface area contributed by atoms with E-state index in [1.54, 1.807) is 12.5 Å². The number of hydrogen-bond donors (Lipinski definition) is 1. The van der Waals surface area contributed by atoms with E-state index in [4.69, 9.17) is 16.0 Å². The van der Waals surface area contributed by atoms with Crippen LogP contribution in [-0.2, 0) is 0 Å². The Bertz CT molecular complexity index is 1050. The number of halogens is 1. The smallest absolute Gasteiger partial charge is 0.198 e. The Balaban J connectivity index is 1.37. The minimum Gasteiger partial charge on any atom is -0.440 e. The highest BCUT2D eigenvalue weighted by molar-refractivity contribution is 6.31. The molecule has 1 aliphatic rings. The summed E-state index contributed by atoms with van der Waals surface area (Å²) < 4.78 is 5.93. The summed E-state index contributed by atoms with van der Waals surface area (Å²) in [4.78, 5) is 15.5. The first-order valence-corrected chi connectivity index (χ1v) is 8.61. The van der Waals surface area contributed by atoms with Crippen molar-refractivity contribution >= 4 is 39.6 Å². The quantitative estimate of drug-likeness (QED) is 0.592. The van der Waals surface area contributed by atoms with Crippen molar-refractivity contribution in [2.24, 2.45) is 0 Å². The van der Waals surface area contributed by atoms with Gasteiger partial charge in [-0.15, -0.1) is 0 Å². The molecule has 4 heterocycles. The molecule has 1 aromatic carbocycles. The molecule has 0 aliphatic carbocycles. The van der Waals surface area contributed by atoms with Gasteiger partial charge in [0.05, 0.1) is 11.6 Å². The molecule has 7 nitrogen and oxygen atoms in total. The van der Waals surface area contributed by atoms with Crippen LogP contribution in [0, 0.1) is 0 Å². The second-order valence-corrected chi connectivity index (χ2v) is 6.69. The van der Waals surface area contributed by atoms with Gasteiger partial charge in [-0.25, -0.2) is 15.0 Å². The highest BCUT2D eigenvalue weighted by Crippen LogP contribution is 2.33. The number of nitrogens with one attached hydrogen (secondary N) is 1. The lowest BCUT2D eigenvalue weighted by molar-refractivity contribution is 0.407. The van der Waals surface area contributed by atoms with Gasteiger partial charge < -0.3 is 9.32 Å². The lowest BCUT2D eigenvalue weighted by Crippen LogP contribution is -2.33. The molecule has 1 fully saturated rings. The molecule has 3 aromatic heterocycles. The molecule has 126 valence electrons. The van der Waals surface area contributed by atoms with Gasteiger partial charge in [0.1, 0.15) is 17.7 Å². The summed E-state index contributed by atoms with van der Waals surface area (Å²) in [5.41, 5.74) is 2.38. The number of anilines is 1. The van der Waals surface area contributed by atoms with E-state index in [2.05, 4.69) is 30.0 Å². The third-order valence-corrected chi connectivity index (χ3v) is 4.97. The predicted molar refractivity (Wildman–Crippen MR) is 94.9 cm³/mol. The van der Waals surface area contributed by atoms with Gasteiger partial charge in [0, 0.05) is 24.0 Å². The van der Waals surface area contributed by atoms with Gasteiger partial charge >= 0.3 is 0 Å².